The lowest BCUT2D eigenvalue weighted by Crippen LogP contribution is -2.19. The van der Waals surface area contributed by atoms with E-state index >= 15 is 0 Å². The number of halogens is 1. The molecule has 0 heterocycles. The molecular weight excluding hydrogens is 250 g/mol. The van der Waals surface area contributed by atoms with Crippen LogP contribution < -0.4 is 5.73 Å². The fourth-order valence-corrected chi connectivity index (χ4v) is 2.58. The quantitative estimate of drug-likeness (QED) is 0.858. The van der Waals surface area contributed by atoms with E-state index in [1.165, 1.54) is 32.8 Å². The first kappa shape index (κ1) is 15.0. The normalized spacial score (nSPS) is 17.0. The van der Waals surface area contributed by atoms with Gasteiger partial charge in [0, 0.05) is 6.04 Å². The van der Waals surface area contributed by atoms with Gasteiger partial charge in [-0.3, -0.25) is 0 Å². The van der Waals surface area contributed by atoms with Crippen molar-refractivity contribution < 1.29 is 9.53 Å². The molecule has 1 aliphatic carbocycles. The van der Waals surface area contributed by atoms with Crippen LogP contribution in [0.4, 0.5) is 0 Å². The van der Waals surface area contributed by atoms with E-state index < -0.39 is 0 Å². The molecule has 0 bridgehead atoms. The third-order valence-electron chi connectivity index (χ3n) is 3.60. The van der Waals surface area contributed by atoms with Gasteiger partial charge in [0.05, 0.1) is 12.7 Å². The SMILES string of the molecule is COC(=O)c1cccc([C@@H](N)C2CCCC2)c1.Cl. The molecule has 3 nitrogen and oxygen atoms in total. The molecule has 0 spiro atoms. The lowest BCUT2D eigenvalue weighted by atomic mass is 9.91. The number of hydrogen-bond acceptors (Lipinski definition) is 3. The second-order valence-corrected chi connectivity index (χ2v) is 4.69. The van der Waals surface area contributed by atoms with Gasteiger partial charge >= 0.3 is 5.97 Å². The molecule has 2 N–H and O–H groups in total. The Balaban J connectivity index is 0.00000162. The Bertz CT molecular complexity index is 403. The van der Waals surface area contributed by atoms with E-state index in [4.69, 9.17) is 10.5 Å². The monoisotopic (exact) mass is 269 g/mol. The Morgan fingerprint density at radius 3 is 2.67 bits per heavy atom. The predicted molar refractivity (Wildman–Crippen MR) is 73.9 cm³/mol. The van der Waals surface area contributed by atoms with Crippen LogP contribution in [0.2, 0.25) is 0 Å². The lowest BCUT2D eigenvalue weighted by Gasteiger charge is -2.19. The summed E-state index contributed by atoms with van der Waals surface area (Å²) in [6, 6.07) is 7.53. The highest BCUT2D eigenvalue weighted by atomic mass is 35.5. The molecule has 0 aromatic heterocycles. The maximum absolute atomic E-state index is 11.4. The summed E-state index contributed by atoms with van der Waals surface area (Å²) < 4.78 is 4.72. The zero-order valence-electron chi connectivity index (χ0n) is 10.6. The lowest BCUT2D eigenvalue weighted by molar-refractivity contribution is 0.0600. The van der Waals surface area contributed by atoms with Crippen molar-refractivity contribution in [3.63, 3.8) is 0 Å². The molecule has 1 saturated carbocycles. The van der Waals surface area contributed by atoms with Crippen LogP contribution in [0.15, 0.2) is 24.3 Å². The second-order valence-electron chi connectivity index (χ2n) is 4.69. The van der Waals surface area contributed by atoms with Crippen molar-refractivity contribution in [3.05, 3.63) is 35.4 Å². The van der Waals surface area contributed by atoms with Gasteiger partial charge in [0.25, 0.3) is 0 Å². The summed E-state index contributed by atoms with van der Waals surface area (Å²) in [5, 5.41) is 0. The zero-order chi connectivity index (χ0) is 12.3. The minimum atomic E-state index is -0.300. The summed E-state index contributed by atoms with van der Waals surface area (Å²) in [5.41, 5.74) is 7.88. The summed E-state index contributed by atoms with van der Waals surface area (Å²) in [6.45, 7) is 0. The maximum Gasteiger partial charge on any atom is 0.337 e. The van der Waals surface area contributed by atoms with Gasteiger partial charge in [0.2, 0.25) is 0 Å². The molecular formula is C14H20ClNO2. The second kappa shape index (κ2) is 6.76. The van der Waals surface area contributed by atoms with Crippen LogP contribution in [-0.2, 0) is 4.74 Å². The Kier molecular flexibility index (Phi) is 5.63. The van der Waals surface area contributed by atoms with Crippen LogP contribution in [0.5, 0.6) is 0 Å². The first-order valence-electron chi connectivity index (χ1n) is 6.16. The first-order chi connectivity index (χ1) is 8.22. The largest absolute Gasteiger partial charge is 0.465 e. The van der Waals surface area contributed by atoms with E-state index in [0.29, 0.717) is 11.5 Å². The molecule has 0 amide bonds. The molecule has 1 atom stereocenters. The highest BCUT2D eigenvalue weighted by Gasteiger charge is 2.23. The van der Waals surface area contributed by atoms with Crippen molar-refractivity contribution in [1.82, 2.24) is 0 Å². The van der Waals surface area contributed by atoms with Crippen LogP contribution in [-0.4, -0.2) is 13.1 Å². The topological polar surface area (TPSA) is 52.3 Å². The number of methoxy groups -OCH3 is 1. The zero-order valence-corrected chi connectivity index (χ0v) is 11.4. The molecule has 0 radical (unpaired) electrons. The molecule has 0 unspecified atom stereocenters. The van der Waals surface area contributed by atoms with Crippen molar-refractivity contribution in [2.75, 3.05) is 7.11 Å². The van der Waals surface area contributed by atoms with Crippen LogP contribution in [0.3, 0.4) is 0 Å². The minimum Gasteiger partial charge on any atom is -0.465 e. The smallest absolute Gasteiger partial charge is 0.337 e. The number of benzene rings is 1. The number of carbonyl (C=O) groups is 1. The fraction of sp³-hybridized carbons (Fsp3) is 0.500. The molecule has 0 aliphatic heterocycles. The van der Waals surface area contributed by atoms with Gasteiger partial charge in [-0.05, 0) is 36.5 Å². The van der Waals surface area contributed by atoms with Crippen molar-refractivity contribution in [1.29, 1.82) is 0 Å². The van der Waals surface area contributed by atoms with Gasteiger partial charge < -0.3 is 10.5 Å². The standard InChI is InChI=1S/C14H19NO2.ClH/c1-17-14(16)12-8-4-7-11(9-12)13(15)10-5-2-3-6-10;/h4,7-10,13H,2-3,5-6,15H2,1H3;1H/t13-;/m0./s1. The van der Waals surface area contributed by atoms with Crippen LogP contribution in [0, 0.1) is 5.92 Å². The van der Waals surface area contributed by atoms with E-state index in [1.54, 1.807) is 6.07 Å². The summed E-state index contributed by atoms with van der Waals surface area (Å²) in [6.07, 6.45) is 4.94. The molecule has 18 heavy (non-hydrogen) atoms. The van der Waals surface area contributed by atoms with E-state index in [0.717, 1.165) is 5.56 Å². The predicted octanol–water partition coefficient (Wildman–Crippen LogP) is 3.09. The number of nitrogens with two attached hydrogens (primary N) is 1. The number of carbonyl (C=O) groups excluding carboxylic acids is 1. The number of hydrogen-bond donors (Lipinski definition) is 1. The molecule has 1 aliphatic rings. The molecule has 1 fully saturated rings. The van der Waals surface area contributed by atoms with Crippen LogP contribution >= 0.6 is 12.4 Å². The highest BCUT2D eigenvalue weighted by Crippen LogP contribution is 2.34. The summed E-state index contributed by atoms with van der Waals surface area (Å²) in [7, 11) is 1.39. The van der Waals surface area contributed by atoms with Crippen LogP contribution in [0.1, 0.15) is 47.6 Å². The van der Waals surface area contributed by atoms with Crippen molar-refractivity contribution in [2.24, 2.45) is 11.7 Å². The summed E-state index contributed by atoms with van der Waals surface area (Å²) >= 11 is 0. The van der Waals surface area contributed by atoms with Crippen LogP contribution in [0.25, 0.3) is 0 Å². The fourth-order valence-electron chi connectivity index (χ4n) is 2.58. The third kappa shape index (κ3) is 3.24. The first-order valence-corrected chi connectivity index (χ1v) is 6.16. The minimum absolute atomic E-state index is 0. The Labute approximate surface area is 114 Å². The van der Waals surface area contributed by atoms with Gasteiger partial charge in [-0.2, -0.15) is 0 Å². The van der Waals surface area contributed by atoms with E-state index in [-0.39, 0.29) is 24.4 Å². The van der Waals surface area contributed by atoms with Gasteiger partial charge in [-0.1, -0.05) is 25.0 Å². The van der Waals surface area contributed by atoms with Crippen molar-refractivity contribution >= 4 is 18.4 Å². The number of rotatable bonds is 3. The van der Waals surface area contributed by atoms with E-state index in [9.17, 15) is 4.79 Å². The van der Waals surface area contributed by atoms with Gasteiger partial charge in [-0.15, -0.1) is 12.4 Å². The molecule has 1 aromatic carbocycles. The van der Waals surface area contributed by atoms with Gasteiger partial charge in [0.15, 0.2) is 0 Å². The van der Waals surface area contributed by atoms with Gasteiger partial charge in [-0.25, -0.2) is 4.79 Å². The number of esters is 1. The highest BCUT2D eigenvalue weighted by molar-refractivity contribution is 5.89. The van der Waals surface area contributed by atoms with E-state index in [1.807, 2.05) is 18.2 Å². The average molecular weight is 270 g/mol. The van der Waals surface area contributed by atoms with Crippen molar-refractivity contribution in [2.45, 2.75) is 31.7 Å². The molecule has 100 valence electrons. The number of ether oxygens (including phenoxy) is 1. The Morgan fingerprint density at radius 2 is 2.06 bits per heavy atom. The molecule has 0 saturated heterocycles. The summed E-state index contributed by atoms with van der Waals surface area (Å²) in [4.78, 5) is 11.4. The molecule has 1 aromatic rings. The summed E-state index contributed by atoms with van der Waals surface area (Å²) in [5.74, 6) is 0.258. The Morgan fingerprint density at radius 1 is 1.39 bits per heavy atom. The Hall–Kier alpha value is -1.06. The molecule has 2 rings (SSSR count). The molecule has 4 heteroatoms. The van der Waals surface area contributed by atoms with Crippen molar-refractivity contribution in [3.8, 4) is 0 Å². The van der Waals surface area contributed by atoms with Gasteiger partial charge in [0.1, 0.15) is 0 Å². The third-order valence-corrected chi connectivity index (χ3v) is 3.60. The van der Waals surface area contributed by atoms with E-state index in [2.05, 4.69) is 0 Å². The average Bonchev–Trinajstić information content (AvgIpc) is 2.91. The maximum atomic E-state index is 11.4.